The number of hydrazine groups is 1. The lowest BCUT2D eigenvalue weighted by atomic mass is 9.83. The number of rotatable bonds is 8. The van der Waals surface area contributed by atoms with Crippen molar-refractivity contribution in [2.75, 3.05) is 37.7 Å². The van der Waals surface area contributed by atoms with Gasteiger partial charge in [-0.2, -0.15) is 8.42 Å². The molecule has 3 heterocycles. The Hall–Kier alpha value is -2.74. The van der Waals surface area contributed by atoms with E-state index in [1.165, 1.54) is 12.1 Å². The van der Waals surface area contributed by atoms with Crippen molar-refractivity contribution in [3.63, 3.8) is 0 Å². The summed E-state index contributed by atoms with van der Waals surface area (Å²) < 4.78 is 58.2. The van der Waals surface area contributed by atoms with E-state index in [1.54, 1.807) is 41.1 Å². The number of alkyl halides is 2. The number of nitrogens with zero attached hydrogens (tertiary/aromatic N) is 5. The lowest BCUT2D eigenvalue weighted by Gasteiger charge is -2.44. The molecule has 1 aromatic heterocycles. The van der Waals surface area contributed by atoms with Crippen LogP contribution in [-0.4, -0.2) is 77.5 Å². The molecule has 4 rings (SSSR count). The molecule has 10 nitrogen and oxygen atoms in total. The number of aliphatic hydroxyl groups excluding tert-OH is 1. The summed E-state index contributed by atoms with van der Waals surface area (Å²) in [6.07, 6.45) is 0.719. The Morgan fingerprint density at radius 3 is 2.28 bits per heavy atom. The van der Waals surface area contributed by atoms with Gasteiger partial charge in [0.1, 0.15) is 6.04 Å². The quantitative estimate of drug-likeness (QED) is 0.501. The molecule has 13 heteroatoms. The average molecular weight is 567 g/mol. The molecular formula is C26H36F2N6O4S. The minimum Gasteiger partial charge on any atom is -0.394 e. The molecule has 2 N–H and O–H groups in total. The molecule has 39 heavy (non-hydrogen) atoms. The van der Waals surface area contributed by atoms with Gasteiger partial charge >= 0.3 is 10.2 Å². The monoisotopic (exact) mass is 566 g/mol. The zero-order valence-electron chi connectivity index (χ0n) is 22.5. The second-order valence-corrected chi connectivity index (χ2v) is 12.5. The van der Waals surface area contributed by atoms with Crippen molar-refractivity contribution in [1.82, 2.24) is 24.1 Å². The van der Waals surface area contributed by atoms with Crippen LogP contribution >= 0.6 is 0 Å². The summed E-state index contributed by atoms with van der Waals surface area (Å²) in [5.41, 5.74) is 0.877. The second kappa shape index (κ2) is 11.4. The van der Waals surface area contributed by atoms with Gasteiger partial charge in [0.2, 0.25) is 5.95 Å². The van der Waals surface area contributed by atoms with E-state index in [4.69, 9.17) is 0 Å². The Bertz CT molecular complexity index is 1260. The Morgan fingerprint density at radius 2 is 1.69 bits per heavy atom. The van der Waals surface area contributed by atoms with E-state index in [9.17, 15) is 27.1 Å². The molecule has 2 aromatic rings. The predicted octanol–water partition coefficient (Wildman–Crippen LogP) is 3.07. The lowest BCUT2D eigenvalue weighted by molar-refractivity contribution is -0.0383. The third-order valence-corrected chi connectivity index (χ3v) is 8.72. The van der Waals surface area contributed by atoms with Crippen LogP contribution in [0.2, 0.25) is 0 Å². The zero-order valence-corrected chi connectivity index (χ0v) is 23.3. The molecule has 0 saturated carbocycles. The van der Waals surface area contributed by atoms with E-state index < -0.39 is 34.7 Å². The number of hydrogen-bond donors (Lipinski definition) is 2. The van der Waals surface area contributed by atoms with Crippen LogP contribution in [0.25, 0.3) is 0 Å². The maximum Gasteiger partial charge on any atom is 0.317 e. The molecule has 1 atom stereocenters. The largest absolute Gasteiger partial charge is 0.394 e. The molecule has 2 aliphatic rings. The van der Waals surface area contributed by atoms with Gasteiger partial charge in [0.05, 0.1) is 12.3 Å². The van der Waals surface area contributed by atoms with Gasteiger partial charge in [-0.1, -0.05) is 32.0 Å². The standard InChI is InChI=1S/C26H36F2N6O4S/c1-19-17-21(30-24(29-19)32-13-11-26(27,28)12-14-32)22(18-35)34(33-15-9-25(2,3)10-16-33)39(37,38)31-23(36)20-7-5-4-6-8-20/h4-8,17,22,35H,9-16,18H2,1-3H3,(H,31,36). The van der Waals surface area contributed by atoms with E-state index in [0.717, 1.165) is 4.41 Å². The fraction of sp³-hybridized carbons (Fsp3) is 0.577. The summed E-state index contributed by atoms with van der Waals surface area (Å²) in [5, 5.41) is 12.2. The molecule has 0 spiro atoms. The number of aryl methyl sites for hydroxylation is 1. The fourth-order valence-corrected chi connectivity index (χ4v) is 6.25. The van der Waals surface area contributed by atoms with Crippen molar-refractivity contribution in [2.45, 2.75) is 58.4 Å². The fourth-order valence-electron chi connectivity index (χ4n) is 4.83. The highest BCUT2D eigenvalue weighted by atomic mass is 32.2. The number of nitrogens with one attached hydrogen (secondary N) is 1. The molecule has 214 valence electrons. The summed E-state index contributed by atoms with van der Waals surface area (Å²) >= 11 is 0. The normalized spacial score (nSPS) is 20.5. The molecule has 1 amide bonds. The Morgan fingerprint density at radius 1 is 1.08 bits per heavy atom. The Kier molecular flexibility index (Phi) is 8.55. The number of piperidine rings is 2. The average Bonchev–Trinajstić information content (AvgIpc) is 2.87. The zero-order chi connectivity index (χ0) is 28.4. The minimum atomic E-state index is -4.51. The molecule has 0 radical (unpaired) electrons. The van der Waals surface area contributed by atoms with Crippen molar-refractivity contribution >= 4 is 22.1 Å². The van der Waals surface area contributed by atoms with Crippen molar-refractivity contribution in [2.24, 2.45) is 5.41 Å². The third kappa shape index (κ3) is 7.07. The van der Waals surface area contributed by atoms with Crippen LogP contribution in [0.5, 0.6) is 0 Å². The molecule has 0 aliphatic carbocycles. The molecular weight excluding hydrogens is 530 g/mol. The lowest BCUT2D eigenvalue weighted by Crippen LogP contribution is -2.57. The highest BCUT2D eigenvalue weighted by molar-refractivity contribution is 7.87. The Labute approximate surface area is 228 Å². The number of carbonyl (C=O) groups excluding carboxylic acids is 1. The maximum absolute atomic E-state index is 13.8. The van der Waals surface area contributed by atoms with Gasteiger partial charge in [0.25, 0.3) is 11.8 Å². The molecule has 1 unspecified atom stereocenters. The number of benzene rings is 1. The molecule has 2 aliphatic heterocycles. The predicted molar refractivity (Wildman–Crippen MR) is 142 cm³/mol. The smallest absolute Gasteiger partial charge is 0.317 e. The van der Waals surface area contributed by atoms with Gasteiger partial charge in [-0.15, -0.1) is 4.41 Å². The van der Waals surface area contributed by atoms with E-state index in [-0.39, 0.29) is 48.6 Å². The SMILES string of the molecule is Cc1cc(C(CO)N(N2CCC(C)(C)CC2)S(=O)(=O)NC(=O)c2ccccc2)nc(N2CCC(F)(F)CC2)n1. The van der Waals surface area contributed by atoms with Crippen molar-refractivity contribution in [1.29, 1.82) is 0 Å². The van der Waals surface area contributed by atoms with Crippen molar-refractivity contribution in [3.05, 3.63) is 53.3 Å². The first kappa shape index (κ1) is 29.2. The van der Waals surface area contributed by atoms with Gasteiger partial charge in [0, 0.05) is 50.3 Å². The van der Waals surface area contributed by atoms with Crippen LogP contribution in [0, 0.1) is 12.3 Å². The number of hydrogen-bond acceptors (Lipinski definition) is 8. The van der Waals surface area contributed by atoms with Gasteiger partial charge < -0.3 is 10.0 Å². The van der Waals surface area contributed by atoms with Crippen LogP contribution in [0.3, 0.4) is 0 Å². The minimum absolute atomic E-state index is 0.00291. The van der Waals surface area contributed by atoms with Crippen LogP contribution in [0.4, 0.5) is 14.7 Å². The summed E-state index contributed by atoms with van der Waals surface area (Å²) in [6, 6.07) is 8.37. The second-order valence-electron chi connectivity index (χ2n) is 11.0. The number of aromatic nitrogens is 2. The summed E-state index contributed by atoms with van der Waals surface area (Å²) in [6.45, 7) is 6.13. The van der Waals surface area contributed by atoms with E-state index in [0.29, 0.717) is 31.6 Å². The summed E-state index contributed by atoms with van der Waals surface area (Å²) in [4.78, 5) is 23.5. The maximum atomic E-state index is 13.8. The van der Waals surface area contributed by atoms with Crippen molar-refractivity contribution in [3.8, 4) is 0 Å². The van der Waals surface area contributed by atoms with Gasteiger partial charge in [0.15, 0.2) is 0 Å². The van der Waals surface area contributed by atoms with Gasteiger partial charge in [-0.05, 0) is 43.4 Å². The molecule has 1 aromatic carbocycles. The molecule has 0 bridgehead atoms. The third-order valence-electron chi connectivity index (χ3n) is 7.30. The number of aliphatic hydroxyl groups is 1. The number of anilines is 1. The van der Waals surface area contributed by atoms with Crippen LogP contribution in [-0.2, 0) is 10.2 Å². The summed E-state index contributed by atoms with van der Waals surface area (Å²) in [7, 11) is -4.51. The highest BCUT2D eigenvalue weighted by Gasteiger charge is 2.41. The van der Waals surface area contributed by atoms with Crippen LogP contribution in [0.15, 0.2) is 36.4 Å². The highest BCUT2D eigenvalue weighted by Crippen LogP contribution is 2.35. The first-order valence-electron chi connectivity index (χ1n) is 13.1. The topological polar surface area (TPSA) is 119 Å². The van der Waals surface area contributed by atoms with Crippen LogP contribution in [0.1, 0.15) is 67.3 Å². The van der Waals surface area contributed by atoms with Gasteiger partial charge in [-0.25, -0.2) is 28.5 Å². The van der Waals surface area contributed by atoms with Gasteiger partial charge in [-0.3, -0.25) is 4.79 Å². The van der Waals surface area contributed by atoms with E-state index in [2.05, 4.69) is 28.5 Å². The number of carbonyl (C=O) groups is 1. The summed E-state index contributed by atoms with van der Waals surface area (Å²) in [5.74, 6) is -3.35. The van der Waals surface area contributed by atoms with E-state index in [1.807, 2.05) is 0 Å². The number of halogens is 2. The molecule has 2 saturated heterocycles. The number of amides is 1. The molecule has 2 fully saturated rings. The first-order valence-corrected chi connectivity index (χ1v) is 14.5. The van der Waals surface area contributed by atoms with Crippen molar-refractivity contribution < 1.29 is 27.1 Å². The first-order chi connectivity index (χ1) is 18.3. The van der Waals surface area contributed by atoms with E-state index >= 15 is 0 Å². The Balaban J connectivity index is 1.69. The van der Waals surface area contributed by atoms with Crippen LogP contribution < -0.4 is 9.62 Å².